The lowest BCUT2D eigenvalue weighted by atomic mass is 9.70. The van der Waals surface area contributed by atoms with Gasteiger partial charge in [-0.2, -0.15) is 0 Å². The monoisotopic (exact) mass is 195 g/mol. The Morgan fingerprint density at radius 3 is 2.93 bits per heavy atom. The topological polar surface area (TPSA) is 23.5 Å². The summed E-state index contributed by atoms with van der Waals surface area (Å²) in [7, 11) is 2.20. The predicted molar refractivity (Wildman–Crippen MR) is 58.0 cm³/mol. The molecule has 0 bridgehead atoms. The molecule has 0 unspecified atom stereocenters. The molecule has 0 aromatic rings. The first-order valence-corrected chi connectivity index (χ1v) is 5.73. The molecule has 1 aliphatic heterocycles. The van der Waals surface area contributed by atoms with Gasteiger partial charge in [-0.15, -0.1) is 0 Å². The summed E-state index contributed by atoms with van der Waals surface area (Å²) in [4.78, 5) is 2.43. The molecule has 2 rings (SSSR count). The molecule has 0 spiro atoms. The maximum atomic E-state index is 9.43. The van der Waals surface area contributed by atoms with Crippen molar-refractivity contribution in [3.8, 4) is 0 Å². The lowest BCUT2D eigenvalue weighted by Crippen LogP contribution is -2.48. The van der Waals surface area contributed by atoms with E-state index < -0.39 is 0 Å². The Kier molecular flexibility index (Phi) is 2.93. The van der Waals surface area contributed by atoms with Gasteiger partial charge in [-0.05, 0) is 44.2 Å². The van der Waals surface area contributed by atoms with Crippen LogP contribution in [0.25, 0.3) is 0 Å². The van der Waals surface area contributed by atoms with Crippen LogP contribution in [0.5, 0.6) is 0 Å². The Labute approximate surface area is 86.6 Å². The van der Waals surface area contributed by atoms with E-state index in [1.54, 1.807) is 0 Å². The molecule has 0 saturated carbocycles. The van der Waals surface area contributed by atoms with Crippen molar-refractivity contribution in [2.45, 2.75) is 25.8 Å². The summed E-state index contributed by atoms with van der Waals surface area (Å²) in [5, 5.41) is 9.43. The molecule has 4 atom stereocenters. The highest BCUT2D eigenvalue weighted by atomic mass is 16.3. The molecule has 2 nitrogen and oxygen atoms in total. The SMILES string of the molecule is C[C@@H]1C=C[C@@H]2[C@@H](CCCN2C)[C@@H]1CO. The van der Waals surface area contributed by atoms with E-state index in [1.165, 1.54) is 19.4 Å². The van der Waals surface area contributed by atoms with Crippen molar-refractivity contribution in [2.75, 3.05) is 20.2 Å². The molecule has 80 valence electrons. The molecule has 1 N–H and O–H groups in total. The molecule has 1 saturated heterocycles. The summed E-state index contributed by atoms with van der Waals surface area (Å²) >= 11 is 0. The zero-order valence-corrected chi connectivity index (χ0v) is 9.19. The second-order valence-electron chi connectivity index (χ2n) is 4.87. The second kappa shape index (κ2) is 4.03. The third-order valence-electron chi connectivity index (χ3n) is 4.04. The minimum absolute atomic E-state index is 0.348. The molecule has 0 aromatic carbocycles. The van der Waals surface area contributed by atoms with Crippen molar-refractivity contribution in [3.63, 3.8) is 0 Å². The van der Waals surface area contributed by atoms with Gasteiger partial charge in [-0.3, -0.25) is 4.90 Å². The number of likely N-dealkylation sites (N-methyl/N-ethyl adjacent to an activating group) is 1. The average molecular weight is 195 g/mol. The largest absolute Gasteiger partial charge is 0.396 e. The maximum absolute atomic E-state index is 9.43. The standard InChI is InChI=1S/C12H21NO/c1-9-5-6-12-10(11(9)8-14)4-3-7-13(12)2/h5-6,9-12,14H,3-4,7-8H2,1-2H3/t9-,10+,11-,12-/m1/s1. The molecule has 2 aliphatic rings. The fourth-order valence-corrected chi connectivity index (χ4v) is 3.10. The third kappa shape index (κ3) is 1.61. The Morgan fingerprint density at radius 2 is 2.21 bits per heavy atom. The van der Waals surface area contributed by atoms with E-state index in [9.17, 15) is 5.11 Å². The number of rotatable bonds is 1. The van der Waals surface area contributed by atoms with Gasteiger partial charge in [0.15, 0.2) is 0 Å². The number of likely N-dealkylation sites (tertiary alicyclic amines) is 1. The number of piperidine rings is 1. The maximum Gasteiger partial charge on any atom is 0.0468 e. The highest BCUT2D eigenvalue weighted by molar-refractivity contribution is 5.09. The van der Waals surface area contributed by atoms with Crippen molar-refractivity contribution in [1.29, 1.82) is 0 Å². The highest BCUT2D eigenvalue weighted by Crippen LogP contribution is 2.37. The van der Waals surface area contributed by atoms with Gasteiger partial charge in [0, 0.05) is 12.6 Å². The number of hydrogen-bond acceptors (Lipinski definition) is 2. The normalized spacial score (nSPS) is 43.6. The Morgan fingerprint density at radius 1 is 1.43 bits per heavy atom. The van der Waals surface area contributed by atoms with Gasteiger partial charge in [-0.1, -0.05) is 19.1 Å². The molecule has 0 aromatic heterocycles. The van der Waals surface area contributed by atoms with Crippen molar-refractivity contribution in [2.24, 2.45) is 17.8 Å². The van der Waals surface area contributed by atoms with Gasteiger partial charge in [-0.25, -0.2) is 0 Å². The molecule has 1 aliphatic carbocycles. The Balaban J connectivity index is 2.18. The van der Waals surface area contributed by atoms with Crippen LogP contribution in [-0.2, 0) is 0 Å². The van der Waals surface area contributed by atoms with E-state index in [0.717, 1.165) is 0 Å². The average Bonchev–Trinajstić information content (AvgIpc) is 2.18. The molecule has 0 amide bonds. The fraction of sp³-hybridized carbons (Fsp3) is 0.833. The van der Waals surface area contributed by atoms with Crippen molar-refractivity contribution >= 4 is 0 Å². The van der Waals surface area contributed by atoms with E-state index in [1.807, 2.05) is 0 Å². The zero-order valence-electron chi connectivity index (χ0n) is 9.19. The predicted octanol–water partition coefficient (Wildman–Crippen LogP) is 1.51. The van der Waals surface area contributed by atoms with Crippen molar-refractivity contribution < 1.29 is 5.11 Å². The van der Waals surface area contributed by atoms with E-state index in [-0.39, 0.29) is 0 Å². The van der Waals surface area contributed by atoms with Crippen LogP contribution in [0.2, 0.25) is 0 Å². The van der Waals surface area contributed by atoms with Crippen molar-refractivity contribution in [1.82, 2.24) is 4.90 Å². The van der Waals surface area contributed by atoms with Crippen LogP contribution < -0.4 is 0 Å². The third-order valence-corrected chi connectivity index (χ3v) is 4.04. The number of nitrogens with zero attached hydrogens (tertiary/aromatic N) is 1. The fourth-order valence-electron chi connectivity index (χ4n) is 3.10. The lowest BCUT2D eigenvalue weighted by Gasteiger charge is -2.45. The van der Waals surface area contributed by atoms with E-state index in [2.05, 4.69) is 31.0 Å². The van der Waals surface area contributed by atoms with Crippen LogP contribution in [0.4, 0.5) is 0 Å². The van der Waals surface area contributed by atoms with Crippen LogP contribution >= 0.6 is 0 Å². The van der Waals surface area contributed by atoms with Gasteiger partial charge >= 0.3 is 0 Å². The number of aliphatic hydroxyl groups excluding tert-OH is 1. The molecule has 1 heterocycles. The van der Waals surface area contributed by atoms with Crippen LogP contribution in [0.1, 0.15) is 19.8 Å². The summed E-state index contributed by atoms with van der Waals surface area (Å²) in [6, 6.07) is 0.581. The van der Waals surface area contributed by atoms with Crippen LogP contribution in [0.3, 0.4) is 0 Å². The quantitative estimate of drug-likeness (QED) is 0.641. The molecule has 1 fully saturated rings. The van der Waals surface area contributed by atoms with Gasteiger partial charge < -0.3 is 5.11 Å². The smallest absolute Gasteiger partial charge is 0.0468 e. The van der Waals surface area contributed by atoms with E-state index in [4.69, 9.17) is 0 Å². The van der Waals surface area contributed by atoms with Gasteiger partial charge in [0.25, 0.3) is 0 Å². The molecule has 2 heteroatoms. The summed E-state index contributed by atoms with van der Waals surface area (Å²) in [6.07, 6.45) is 7.20. The van der Waals surface area contributed by atoms with Crippen LogP contribution in [-0.4, -0.2) is 36.2 Å². The number of fused-ring (bicyclic) bond motifs is 1. The summed E-state index contributed by atoms with van der Waals surface area (Å²) < 4.78 is 0. The number of allylic oxidation sites excluding steroid dienone is 1. The molecule has 0 radical (unpaired) electrons. The minimum Gasteiger partial charge on any atom is -0.396 e. The van der Waals surface area contributed by atoms with Gasteiger partial charge in [0.2, 0.25) is 0 Å². The van der Waals surface area contributed by atoms with Gasteiger partial charge in [0.05, 0.1) is 0 Å². The summed E-state index contributed by atoms with van der Waals surface area (Å²) in [5.41, 5.74) is 0. The van der Waals surface area contributed by atoms with Crippen molar-refractivity contribution in [3.05, 3.63) is 12.2 Å². The zero-order chi connectivity index (χ0) is 10.1. The van der Waals surface area contributed by atoms with Crippen LogP contribution in [0.15, 0.2) is 12.2 Å². The Bertz CT molecular complexity index is 226. The van der Waals surface area contributed by atoms with Gasteiger partial charge in [0.1, 0.15) is 0 Å². The molecule has 14 heavy (non-hydrogen) atoms. The molecular weight excluding hydrogens is 174 g/mol. The summed E-state index contributed by atoms with van der Waals surface area (Å²) in [6.45, 7) is 3.78. The number of hydrogen-bond donors (Lipinski definition) is 1. The Hall–Kier alpha value is -0.340. The van der Waals surface area contributed by atoms with E-state index in [0.29, 0.717) is 30.4 Å². The highest BCUT2D eigenvalue weighted by Gasteiger charge is 2.37. The van der Waals surface area contributed by atoms with Crippen LogP contribution in [0, 0.1) is 17.8 Å². The second-order valence-corrected chi connectivity index (χ2v) is 4.87. The molecular formula is C12H21NO. The lowest BCUT2D eigenvalue weighted by molar-refractivity contribution is 0.0501. The van der Waals surface area contributed by atoms with E-state index >= 15 is 0 Å². The summed E-state index contributed by atoms with van der Waals surface area (Å²) in [5.74, 6) is 1.71. The first-order valence-electron chi connectivity index (χ1n) is 5.73. The first-order chi connectivity index (χ1) is 6.74. The first kappa shape index (κ1) is 10.2. The minimum atomic E-state index is 0.348. The number of aliphatic hydroxyl groups is 1.